The summed E-state index contributed by atoms with van der Waals surface area (Å²) >= 11 is 8.58. The van der Waals surface area contributed by atoms with Gasteiger partial charge in [-0.25, -0.2) is 4.90 Å². The number of imide groups is 1. The van der Waals surface area contributed by atoms with Crippen LogP contribution >= 0.6 is 34.7 Å². The van der Waals surface area contributed by atoms with E-state index in [-0.39, 0.29) is 22.9 Å². The van der Waals surface area contributed by atoms with Gasteiger partial charge in [-0.3, -0.25) is 24.5 Å². The third-order valence-corrected chi connectivity index (χ3v) is 9.73. The van der Waals surface area contributed by atoms with E-state index < -0.39 is 33.8 Å². The van der Waals surface area contributed by atoms with E-state index in [1.54, 1.807) is 18.2 Å². The highest BCUT2D eigenvalue weighted by molar-refractivity contribution is 8.00. The minimum Gasteiger partial charge on any atom is -0.489 e. The molecule has 12 heteroatoms. The molecule has 4 aromatic rings. The highest BCUT2D eigenvalue weighted by atomic mass is 35.5. The molecule has 2 aliphatic heterocycles. The largest absolute Gasteiger partial charge is 0.489 e. The van der Waals surface area contributed by atoms with Gasteiger partial charge in [0.05, 0.1) is 21.6 Å². The summed E-state index contributed by atoms with van der Waals surface area (Å²) in [5.74, 6) is -1.97. The van der Waals surface area contributed by atoms with Crippen LogP contribution in [0, 0.1) is 23.0 Å². The normalized spacial score (nSPS) is 19.9. The van der Waals surface area contributed by atoms with Crippen LogP contribution in [-0.4, -0.2) is 27.0 Å². The molecule has 9 nitrogen and oxygen atoms in total. The van der Waals surface area contributed by atoms with E-state index in [9.17, 15) is 24.5 Å². The molecule has 0 bridgehead atoms. The number of thioether (sulfide) groups is 1. The fourth-order valence-electron chi connectivity index (χ4n) is 5.15. The van der Waals surface area contributed by atoms with Gasteiger partial charge in [0.25, 0.3) is 5.69 Å². The maximum Gasteiger partial charge on any atom is 0.305 e. The number of carbonyl (C=O) groups is 2. The number of benzene rings is 3. The van der Waals surface area contributed by atoms with Crippen molar-refractivity contribution >= 4 is 57.9 Å². The van der Waals surface area contributed by atoms with Crippen LogP contribution in [-0.2, 0) is 16.2 Å². The smallest absolute Gasteiger partial charge is 0.305 e. The van der Waals surface area contributed by atoms with Crippen LogP contribution in [0.5, 0.6) is 5.75 Å². The number of nitrogens with zero attached hydrogens (tertiary/aromatic N) is 2. The molecule has 1 saturated heterocycles. The number of anilines is 1. The molecule has 0 spiro atoms. The number of carbonyl (C=O) groups excluding carboxylic acids is 2. The van der Waals surface area contributed by atoms with Gasteiger partial charge in [0.2, 0.25) is 11.8 Å². The fraction of sp³-hybridized carbons (Fsp3) is 0.179. The molecular formula is C28H20ClN3O6S2. The van der Waals surface area contributed by atoms with Crippen LogP contribution in [0.2, 0.25) is 5.02 Å². The Labute approximate surface area is 240 Å². The second-order valence-electron chi connectivity index (χ2n) is 9.43. The molecule has 1 fully saturated rings. The zero-order valence-electron chi connectivity index (χ0n) is 20.8. The van der Waals surface area contributed by atoms with E-state index >= 15 is 0 Å². The molecule has 2 amide bonds. The molecule has 0 radical (unpaired) electrons. The number of nitrogens with one attached hydrogen (secondary N) is 1. The molecule has 6 rings (SSSR count). The van der Waals surface area contributed by atoms with E-state index in [1.807, 2.05) is 31.2 Å². The number of thiazole rings is 1. The Balaban J connectivity index is 1.43. The van der Waals surface area contributed by atoms with Crippen molar-refractivity contribution in [3.63, 3.8) is 0 Å². The average molecular weight is 594 g/mol. The molecule has 40 heavy (non-hydrogen) atoms. The number of aromatic amines is 1. The molecule has 3 heterocycles. The lowest BCUT2D eigenvalue weighted by Gasteiger charge is -2.31. The number of fused-ring (bicyclic) bond motifs is 2. The molecular weight excluding hydrogens is 574 g/mol. The standard InChI is InChI=1S/C28H20ClN3O6S2/c1-14-4-2-3-5-15(14)13-38-20-11-6-16(29)12-19(20)21-22-24(39-25-23(21)40-28(35)30-25)27(34)31(26(22)33)17-7-9-18(10-8-17)32(36)37/h2-12,21-22,24H,13H2,1H3,(H,30,35)/t21-,22?,24?/m1/s1. The lowest BCUT2D eigenvalue weighted by molar-refractivity contribution is -0.384. The van der Waals surface area contributed by atoms with Crippen LogP contribution in [0.25, 0.3) is 0 Å². The number of rotatable bonds is 6. The fourth-order valence-corrected chi connectivity index (χ4v) is 7.84. The summed E-state index contributed by atoms with van der Waals surface area (Å²) in [4.78, 5) is 54.9. The second-order valence-corrected chi connectivity index (χ2v) is 12.0. The van der Waals surface area contributed by atoms with Crippen molar-refractivity contribution in [1.29, 1.82) is 0 Å². The number of amides is 2. The van der Waals surface area contributed by atoms with Gasteiger partial charge in [0.15, 0.2) is 0 Å². The molecule has 202 valence electrons. The molecule has 0 aliphatic carbocycles. The van der Waals surface area contributed by atoms with Gasteiger partial charge < -0.3 is 9.72 Å². The summed E-state index contributed by atoms with van der Waals surface area (Å²) in [5, 5.41) is 11.2. The van der Waals surface area contributed by atoms with Crippen molar-refractivity contribution in [2.75, 3.05) is 4.90 Å². The van der Waals surface area contributed by atoms with Crippen molar-refractivity contribution in [3.05, 3.63) is 113 Å². The van der Waals surface area contributed by atoms with Gasteiger partial charge in [-0.1, -0.05) is 59.0 Å². The first-order valence-electron chi connectivity index (χ1n) is 12.2. The predicted molar refractivity (Wildman–Crippen MR) is 152 cm³/mol. The first kappa shape index (κ1) is 26.3. The van der Waals surface area contributed by atoms with E-state index in [4.69, 9.17) is 16.3 Å². The number of nitro benzene ring substituents is 1. The Bertz CT molecular complexity index is 1730. The van der Waals surface area contributed by atoms with Crippen LogP contribution in [0.4, 0.5) is 11.4 Å². The Hall–Kier alpha value is -3.93. The molecule has 2 unspecified atom stereocenters. The average Bonchev–Trinajstić information content (AvgIpc) is 3.43. The van der Waals surface area contributed by atoms with Crippen LogP contribution in [0.3, 0.4) is 0 Å². The number of ether oxygens (including phenoxy) is 1. The Morgan fingerprint density at radius 2 is 1.80 bits per heavy atom. The van der Waals surface area contributed by atoms with Gasteiger partial charge in [-0.2, -0.15) is 0 Å². The number of hydrogen-bond acceptors (Lipinski definition) is 8. The van der Waals surface area contributed by atoms with Crippen molar-refractivity contribution in [1.82, 2.24) is 4.98 Å². The quantitative estimate of drug-likeness (QED) is 0.173. The van der Waals surface area contributed by atoms with Crippen molar-refractivity contribution in [2.45, 2.75) is 29.7 Å². The Morgan fingerprint density at radius 3 is 2.52 bits per heavy atom. The van der Waals surface area contributed by atoms with Crippen LogP contribution in [0.1, 0.15) is 27.5 Å². The highest BCUT2D eigenvalue weighted by Gasteiger charge is 2.57. The van der Waals surface area contributed by atoms with Crippen LogP contribution in [0.15, 0.2) is 76.6 Å². The monoisotopic (exact) mass is 593 g/mol. The lowest BCUT2D eigenvalue weighted by Crippen LogP contribution is -2.32. The first-order chi connectivity index (χ1) is 19.2. The summed E-state index contributed by atoms with van der Waals surface area (Å²) in [7, 11) is 0. The van der Waals surface area contributed by atoms with Crippen LogP contribution < -0.4 is 14.5 Å². The Kier molecular flexibility index (Phi) is 6.73. The van der Waals surface area contributed by atoms with Crippen molar-refractivity contribution in [3.8, 4) is 5.75 Å². The van der Waals surface area contributed by atoms with Crippen molar-refractivity contribution in [2.24, 2.45) is 5.92 Å². The highest BCUT2D eigenvalue weighted by Crippen LogP contribution is 2.54. The van der Waals surface area contributed by atoms with E-state index in [2.05, 4.69) is 4.98 Å². The number of H-pyrrole nitrogens is 1. The number of halogens is 1. The van der Waals surface area contributed by atoms with E-state index in [0.29, 0.717) is 26.2 Å². The van der Waals surface area contributed by atoms with Gasteiger partial charge in [-0.15, -0.1) is 0 Å². The molecule has 3 aromatic carbocycles. The number of non-ortho nitro benzene ring substituents is 1. The van der Waals surface area contributed by atoms with Crippen molar-refractivity contribution < 1.29 is 19.2 Å². The summed E-state index contributed by atoms with van der Waals surface area (Å²) in [6, 6.07) is 18.3. The minimum atomic E-state index is -0.856. The topological polar surface area (TPSA) is 123 Å². The SMILES string of the molecule is Cc1ccccc1COc1ccc(Cl)cc1[C@H]1c2sc(=O)[nH]c2SC2C(=O)N(c3ccc([N+](=O)[O-])cc3)C(=O)C21. The molecule has 0 saturated carbocycles. The summed E-state index contributed by atoms with van der Waals surface area (Å²) < 4.78 is 6.27. The van der Waals surface area contributed by atoms with Gasteiger partial charge in [0, 0.05) is 33.5 Å². The first-order valence-corrected chi connectivity index (χ1v) is 14.3. The van der Waals surface area contributed by atoms with Gasteiger partial charge in [0.1, 0.15) is 17.6 Å². The zero-order valence-corrected chi connectivity index (χ0v) is 23.2. The molecule has 3 atom stereocenters. The summed E-state index contributed by atoms with van der Waals surface area (Å²) in [6.45, 7) is 2.26. The zero-order chi connectivity index (χ0) is 28.1. The number of hydrogen-bond donors (Lipinski definition) is 1. The lowest BCUT2D eigenvalue weighted by atomic mass is 9.82. The van der Waals surface area contributed by atoms with E-state index in [1.165, 1.54) is 24.3 Å². The second kappa shape index (κ2) is 10.2. The maximum atomic E-state index is 14.0. The molecule has 2 aliphatic rings. The van der Waals surface area contributed by atoms with E-state index in [0.717, 1.165) is 39.1 Å². The maximum absolute atomic E-state index is 14.0. The summed E-state index contributed by atoms with van der Waals surface area (Å²) in [6.07, 6.45) is 0. The molecule has 1 N–H and O–H groups in total. The third kappa shape index (κ3) is 4.49. The minimum absolute atomic E-state index is 0.151. The third-order valence-electron chi connectivity index (χ3n) is 7.09. The Morgan fingerprint density at radius 1 is 1.05 bits per heavy atom. The van der Waals surface area contributed by atoms with Gasteiger partial charge >= 0.3 is 4.87 Å². The van der Waals surface area contributed by atoms with Gasteiger partial charge in [-0.05, 0) is 48.4 Å². The predicted octanol–water partition coefficient (Wildman–Crippen LogP) is 5.68. The summed E-state index contributed by atoms with van der Waals surface area (Å²) in [5.41, 5.74) is 2.74. The number of aromatic nitrogens is 1. The number of aryl methyl sites for hydroxylation is 1. The molecule has 1 aromatic heterocycles. The number of nitro groups is 1.